The van der Waals surface area contributed by atoms with E-state index >= 15 is 0 Å². The summed E-state index contributed by atoms with van der Waals surface area (Å²) in [5.41, 5.74) is 0.839. The zero-order chi connectivity index (χ0) is 18.4. The second kappa shape index (κ2) is 8.83. The van der Waals surface area contributed by atoms with Crippen LogP contribution in [0.25, 0.3) is 0 Å². The summed E-state index contributed by atoms with van der Waals surface area (Å²) in [5, 5.41) is 3.49. The third-order valence-electron chi connectivity index (χ3n) is 3.55. The van der Waals surface area contributed by atoms with Gasteiger partial charge in [0.1, 0.15) is 5.82 Å². The van der Waals surface area contributed by atoms with Crippen LogP contribution in [-0.4, -0.2) is 24.9 Å². The van der Waals surface area contributed by atoms with Crippen LogP contribution in [0.4, 0.5) is 10.1 Å². The second-order valence-corrected chi connectivity index (χ2v) is 6.23. The molecule has 2 aromatic rings. The highest BCUT2D eigenvalue weighted by atomic mass is 35.5. The molecule has 1 N–H and O–H groups in total. The maximum absolute atomic E-state index is 13.5. The third kappa shape index (κ3) is 5.44. The Kier molecular flexibility index (Phi) is 6.79. The van der Waals surface area contributed by atoms with Crippen molar-refractivity contribution in [3.05, 3.63) is 63.9 Å². The standard InChI is InChI=1S/C18H17Cl2FN2O2/c1-12(24)23(17-7-6-14(19)11-15(17)20)9-8-22-18(25)10-13-4-2-3-5-16(13)21/h2-7,11H,8-10H2,1H3,(H,22,25). The largest absolute Gasteiger partial charge is 0.354 e. The Morgan fingerprint density at radius 1 is 1.16 bits per heavy atom. The summed E-state index contributed by atoms with van der Waals surface area (Å²) >= 11 is 12.0. The van der Waals surface area contributed by atoms with E-state index in [1.807, 2.05) is 0 Å². The molecule has 0 fully saturated rings. The minimum Gasteiger partial charge on any atom is -0.354 e. The van der Waals surface area contributed by atoms with Crippen molar-refractivity contribution >= 4 is 40.7 Å². The van der Waals surface area contributed by atoms with E-state index in [-0.39, 0.29) is 31.3 Å². The van der Waals surface area contributed by atoms with Crippen LogP contribution in [0.15, 0.2) is 42.5 Å². The molecular formula is C18H17Cl2FN2O2. The maximum Gasteiger partial charge on any atom is 0.224 e. The van der Waals surface area contributed by atoms with Gasteiger partial charge in [0.25, 0.3) is 0 Å². The highest BCUT2D eigenvalue weighted by molar-refractivity contribution is 6.36. The summed E-state index contributed by atoms with van der Waals surface area (Å²) in [6, 6.07) is 10.9. The smallest absolute Gasteiger partial charge is 0.224 e. The summed E-state index contributed by atoms with van der Waals surface area (Å²) in [7, 11) is 0. The molecule has 132 valence electrons. The van der Waals surface area contributed by atoms with E-state index in [4.69, 9.17) is 23.2 Å². The van der Waals surface area contributed by atoms with Gasteiger partial charge < -0.3 is 10.2 Å². The monoisotopic (exact) mass is 382 g/mol. The minimum absolute atomic E-state index is 0.0611. The lowest BCUT2D eigenvalue weighted by molar-refractivity contribution is -0.121. The first-order valence-electron chi connectivity index (χ1n) is 7.61. The first-order valence-corrected chi connectivity index (χ1v) is 8.37. The van der Waals surface area contributed by atoms with Crippen LogP contribution in [0, 0.1) is 5.82 Å². The Morgan fingerprint density at radius 2 is 1.88 bits per heavy atom. The number of hydrogen-bond donors (Lipinski definition) is 1. The van der Waals surface area contributed by atoms with Crippen LogP contribution in [0.3, 0.4) is 0 Å². The molecule has 0 aromatic heterocycles. The molecule has 0 atom stereocenters. The normalized spacial score (nSPS) is 10.4. The summed E-state index contributed by atoms with van der Waals surface area (Å²) in [5.74, 6) is -0.959. The van der Waals surface area contributed by atoms with Crippen molar-refractivity contribution in [2.75, 3.05) is 18.0 Å². The van der Waals surface area contributed by atoms with Gasteiger partial charge in [-0.25, -0.2) is 4.39 Å². The van der Waals surface area contributed by atoms with E-state index in [0.29, 0.717) is 21.3 Å². The van der Waals surface area contributed by atoms with Crippen molar-refractivity contribution in [2.45, 2.75) is 13.3 Å². The molecule has 4 nitrogen and oxygen atoms in total. The number of anilines is 1. The zero-order valence-corrected chi connectivity index (χ0v) is 15.1. The van der Waals surface area contributed by atoms with Crippen molar-refractivity contribution in [1.29, 1.82) is 0 Å². The number of halogens is 3. The van der Waals surface area contributed by atoms with Gasteiger partial charge in [-0.05, 0) is 29.8 Å². The molecule has 0 aliphatic rings. The summed E-state index contributed by atoms with van der Waals surface area (Å²) in [6.07, 6.45) is -0.0611. The fourth-order valence-corrected chi connectivity index (χ4v) is 2.84. The maximum atomic E-state index is 13.5. The molecule has 0 aliphatic carbocycles. The third-order valence-corrected chi connectivity index (χ3v) is 4.08. The lowest BCUT2D eigenvalue weighted by Crippen LogP contribution is -2.38. The summed E-state index contributed by atoms with van der Waals surface area (Å²) < 4.78 is 13.5. The molecule has 25 heavy (non-hydrogen) atoms. The van der Waals surface area contributed by atoms with E-state index in [1.54, 1.807) is 36.4 Å². The van der Waals surface area contributed by atoms with Crippen LogP contribution in [-0.2, 0) is 16.0 Å². The molecule has 7 heteroatoms. The molecule has 2 amide bonds. The lowest BCUT2D eigenvalue weighted by Gasteiger charge is -2.22. The Morgan fingerprint density at radius 3 is 2.52 bits per heavy atom. The molecule has 0 bridgehead atoms. The Hall–Kier alpha value is -2.11. The molecule has 0 aliphatic heterocycles. The molecule has 0 spiro atoms. The fourth-order valence-electron chi connectivity index (χ4n) is 2.33. The molecule has 0 unspecified atom stereocenters. The fraction of sp³-hybridized carbons (Fsp3) is 0.222. The van der Waals surface area contributed by atoms with E-state index < -0.39 is 5.82 Å². The molecule has 0 saturated carbocycles. The van der Waals surface area contributed by atoms with Gasteiger partial charge in [-0.2, -0.15) is 0 Å². The zero-order valence-electron chi connectivity index (χ0n) is 13.6. The average molecular weight is 383 g/mol. The van der Waals surface area contributed by atoms with Gasteiger partial charge in [0.05, 0.1) is 17.1 Å². The van der Waals surface area contributed by atoms with E-state index in [1.165, 1.54) is 17.9 Å². The number of nitrogens with one attached hydrogen (secondary N) is 1. The quantitative estimate of drug-likeness (QED) is 0.824. The predicted octanol–water partition coefficient (Wildman–Crippen LogP) is 3.84. The predicted molar refractivity (Wildman–Crippen MR) is 97.6 cm³/mol. The van der Waals surface area contributed by atoms with Crippen molar-refractivity contribution in [2.24, 2.45) is 0 Å². The highest BCUT2D eigenvalue weighted by Crippen LogP contribution is 2.28. The molecule has 0 saturated heterocycles. The first kappa shape index (κ1) is 19.2. The number of benzene rings is 2. The SMILES string of the molecule is CC(=O)N(CCNC(=O)Cc1ccccc1F)c1ccc(Cl)cc1Cl. The summed E-state index contributed by atoms with van der Waals surface area (Å²) in [4.78, 5) is 25.3. The molecule has 2 aromatic carbocycles. The topological polar surface area (TPSA) is 49.4 Å². The van der Waals surface area contributed by atoms with Crippen LogP contribution in [0.5, 0.6) is 0 Å². The van der Waals surface area contributed by atoms with Crippen LogP contribution >= 0.6 is 23.2 Å². The molecule has 0 radical (unpaired) electrons. The van der Waals surface area contributed by atoms with Gasteiger partial charge in [-0.15, -0.1) is 0 Å². The number of rotatable bonds is 6. The summed E-state index contributed by atoms with van der Waals surface area (Å²) in [6.45, 7) is 1.86. The van der Waals surface area contributed by atoms with Gasteiger partial charge in [-0.1, -0.05) is 41.4 Å². The molecule has 0 heterocycles. The Bertz CT molecular complexity index is 783. The minimum atomic E-state index is -0.420. The van der Waals surface area contributed by atoms with Crippen LogP contribution in [0.1, 0.15) is 12.5 Å². The lowest BCUT2D eigenvalue weighted by atomic mass is 10.1. The van der Waals surface area contributed by atoms with Gasteiger partial charge in [-0.3, -0.25) is 9.59 Å². The number of hydrogen-bond acceptors (Lipinski definition) is 2. The Labute approximate surface area is 155 Å². The van der Waals surface area contributed by atoms with Crippen molar-refractivity contribution in [3.8, 4) is 0 Å². The van der Waals surface area contributed by atoms with E-state index in [2.05, 4.69) is 5.32 Å². The van der Waals surface area contributed by atoms with Crippen molar-refractivity contribution in [1.82, 2.24) is 5.32 Å². The number of amides is 2. The van der Waals surface area contributed by atoms with Gasteiger partial charge >= 0.3 is 0 Å². The van der Waals surface area contributed by atoms with E-state index in [9.17, 15) is 14.0 Å². The number of nitrogens with zero attached hydrogens (tertiary/aromatic N) is 1. The number of carbonyl (C=O) groups excluding carboxylic acids is 2. The van der Waals surface area contributed by atoms with Crippen molar-refractivity contribution < 1.29 is 14.0 Å². The Balaban J connectivity index is 1.94. The first-order chi connectivity index (χ1) is 11.9. The van der Waals surface area contributed by atoms with Gasteiger partial charge in [0, 0.05) is 25.0 Å². The highest BCUT2D eigenvalue weighted by Gasteiger charge is 2.15. The number of carbonyl (C=O) groups is 2. The van der Waals surface area contributed by atoms with Crippen LogP contribution < -0.4 is 10.2 Å². The van der Waals surface area contributed by atoms with Gasteiger partial charge in [0.15, 0.2) is 0 Å². The van der Waals surface area contributed by atoms with E-state index in [0.717, 1.165) is 0 Å². The van der Waals surface area contributed by atoms with Crippen molar-refractivity contribution in [3.63, 3.8) is 0 Å². The van der Waals surface area contributed by atoms with Crippen LogP contribution in [0.2, 0.25) is 10.0 Å². The molecular weight excluding hydrogens is 366 g/mol. The second-order valence-electron chi connectivity index (χ2n) is 5.38. The molecule has 2 rings (SSSR count). The average Bonchev–Trinajstić information content (AvgIpc) is 2.54. The van der Waals surface area contributed by atoms with Gasteiger partial charge in [0.2, 0.25) is 11.8 Å².